The first-order valence-corrected chi connectivity index (χ1v) is 14.2. The molecule has 0 bridgehead atoms. The SMILES string of the molecule is C[C@H]1CN([C@@H](C)CO)C(=O)Cc2cc(NC(=O)CCN3CCOCC3)ccc2O[C@@H]1CN(C)Cc1ccncc1. The number of carbonyl (C=O) groups excluding carboxylic acids is 2. The highest BCUT2D eigenvalue weighted by atomic mass is 16.5. The summed E-state index contributed by atoms with van der Waals surface area (Å²) < 4.78 is 12.0. The van der Waals surface area contributed by atoms with Gasteiger partial charge in [0.05, 0.1) is 32.3 Å². The fourth-order valence-corrected chi connectivity index (χ4v) is 5.20. The Morgan fingerprint density at radius 2 is 1.98 bits per heavy atom. The summed E-state index contributed by atoms with van der Waals surface area (Å²) in [5.41, 5.74) is 2.53. The number of rotatable bonds is 10. The maximum Gasteiger partial charge on any atom is 0.227 e. The smallest absolute Gasteiger partial charge is 0.227 e. The molecule has 1 fully saturated rings. The number of anilines is 1. The van der Waals surface area contributed by atoms with Crippen LogP contribution in [0.3, 0.4) is 0 Å². The molecule has 0 spiro atoms. The molecule has 2 N–H and O–H groups in total. The zero-order valence-electron chi connectivity index (χ0n) is 23.9. The van der Waals surface area contributed by atoms with Crippen LogP contribution < -0.4 is 10.1 Å². The number of nitrogens with one attached hydrogen (secondary N) is 1. The normalized spacial score (nSPS) is 21.1. The summed E-state index contributed by atoms with van der Waals surface area (Å²) >= 11 is 0. The van der Waals surface area contributed by atoms with E-state index in [1.807, 2.05) is 37.3 Å². The van der Waals surface area contributed by atoms with Gasteiger partial charge in [-0.2, -0.15) is 0 Å². The summed E-state index contributed by atoms with van der Waals surface area (Å²) in [6.07, 6.45) is 3.90. The molecule has 40 heavy (non-hydrogen) atoms. The van der Waals surface area contributed by atoms with Crippen LogP contribution >= 0.6 is 0 Å². The number of fused-ring (bicyclic) bond motifs is 1. The number of nitrogens with zero attached hydrogens (tertiary/aromatic N) is 4. The Hall–Kier alpha value is -3.05. The minimum Gasteiger partial charge on any atom is -0.488 e. The minimum atomic E-state index is -0.310. The van der Waals surface area contributed by atoms with Crippen LogP contribution in [0.15, 0.2) is 42.7 Å². The number of aromatic nitrogens is 1. The van der Waals surface area contributed by atoms with E-state index >= 15 is 0 Å². The van der Waals surface area contributed by atoms with Gasteiger partial charge in [0.15, 0.2) is 0 Å². The first-order chi connectivity index (χ1) is 19.3. The maximum atomic E-state index is 13.4. The summed E-state index contributed by atoms with van der Waals surface area (Å²) in [5, 5.41) is 12.9. The summed E-state index contributed by atoms with van der Waals surface area (Å²) in [5.74, 6) is 0.525. The molecular weight excluding hydrogens is 510 g/mol. The molecule has 3 atom stereocenters. The molecular formula is C30H43N5O5. The van der Waals surface area contributed by atoms with Gasteiger partial charge in [0, 0.05) is 75.3 Å². The monoisotopic (exact) mass is 553 g/mol. The fourth-order valence-electron chi connectivity index (χ4n) is 5.20. The zero-order chi connectivity index (χ0) is 28.5. The zero-order valence-corrected chi connectivity index (χ0v) is 23.9. The second-order valence-electron chi connectivity index (χ2n) is 11.0. The standard InChI is InChI=1S/C30H43N5O5/c1-22-18-35(23(2)21-36)30(38)17-25-16-26(32-29(37)8-11-34-12-14-39-15-13-34)4-5-27(25)40-28(22)20-33(3)19-24-6-9-31-10-7-24/h4-7,9-10,16,22-23,28,36H,8,11-15,17-21H2,1-3H3,(H,32,37)/t22-,23-,28+/m0/s1. The van der Waals surface area contributed by atoms with Gasteiger partial charge in [-0.15, -0.1) is 0 Å². The molecule has 2 aliphatic rings. The van der Waals surface area contributed by atoms with Crippen molar-refractivity contribution in [2.45, 2.75) is 45.4 Å². The van der Waals surface area contributed by atoms with E-state index in [9.17, 15) is 14.7 Å². The van der Waals surface area contributed by atoms with E-state index in [0.29, 0.717) is 50.7 Å². The van der Waals surface area contributed by atoms with Crippen LogP contribution in [0.2, 0.25) is 0 Å². The largest absolute Gasteiger partial charge is 0.488 e. The van der Waals surface area contributed by atoms with Crippen molar-refractivity contribution < 1.29 is 24.2 Å². The van der Waals surface area contributed by atoms with Gasteiger partial charge in [0.1, 0.15) is 11.9 Å². The molecule has 2 aromatic rings. The van der Waals surface area contributed by atoms with Crippen LogP contribution in [0, 0.1) is 5.92 Å². The van der Waals surface area contributed by atoms with Crippen LogP contribution in [0.5, 0.6) is 5.75 Å². The van der Waals surface area contributed by atoms with E-state index in [4.69, 9.17) is 9.47 Å². The molecule has 0 aliphatic carbocycles. The molecule has 0 radical (unpaired) electrons. The highest BCUT2D eigenvalue weighted by molar-refractivity contribution is 5.91. The number of likely N-dealkylation sites (N-methyl/N-ethyl adjacent to an activating group) is 1. The third kappa shape index (κ3) is 8.47. The number of hydrogen-bond donors (Lipinski definition) is 2. The fraction of sp³-hybridized carbons (Fsp3) is 0.567. The van der Waals surface area contributed by atoms with E-state index in [1.54, 1.807) is 17.3 Å². The summed E-state index contributed by atoms with van der Waals surface area (Å²) in [7, 11) is 2.05. The lowest BCUT2D eigenvalue weighted by atomic mass is 10.0. The molecule has 218 valence electrons. The van der Waals surface area contributed by atoms with Crippen molar-refractivity contribution >= 4 is 17.5 Å². The van der Waals surface area contributed by atoms with E-state index in [1.165, 1.54) is 0 Å². The molecule has 0 unspecified atom stereocenters. The predicted octanol–water partition coefficient (Wildman–Crippen LogP) is 2.02. The van der Waals surface area contributed by atoms with Gasteiger partial charge in [0.25, 0.3) is 0 Å². The van der Waals surface area contributed by atoms with Gasteiger partial charge in [0.2, 0.25) is 11.8 Å². The average Bonchev–Trinajstić information content (AvgIpc) is 3.00. The van der Waals surface area contributed by atoms with Crippen molar-refractivity contribution in [2.24, 2.45) is 5.92 Å². The molecule has 10 heteroatoms. The number of amides is 2. The molecule has 0 saturated carbocycles. The Morgan fingerprint density at radius 3 is 2.70 bits per heavy atom. The molecule has 1 saturated heterocycles. The van der Waals surface area contributed by atoms with E-state index in [2.05, 4.69) is 34.1 Å². The van der Waals surface area contributed by atoms with Crippen molar-refractivity contribution in [1.82, 2.24) is 19.7 Å². The Bertz CT molecular complexity index is 1110. The van der Waals surface area contributed by atoms with Crippen LogP contribution in [0.4, 0.5) is 5.69 Å². The third-order valence-corrected chi connectivity index (χ3v) is 7.65. The third-order valence-electron chi connectivity index (χ3n) is 7.65. The van der Waals surface area contributed by atoms with Crippen molar-refractivity contribution in [3.8, 4) is 5.75 Å². The highest BCUT2D eigenvalue weighted by Crippen LogP contribution is 2.29. The van der Waals surface area contributed by atoms with Crippen molar-refractivity contribution in [1.29, 1.82) is 0 Å². The van der Waals surface area contributed by atoms with Crippen molar-refractivity contribution in [2.75, 3.05) is 64.9 Å². The first kappa shape index (κ1) is 29.9. The minimum absolute atomic E-state index is 0.0170. The van der Waals surface area contributed by atoms with Gasteiger partial charge in [-0.3, -0.25) is 24.4 Å². The van der Waals surface area contributed by atoms with Crippen LogP contribution in [0.1, 0.15) is 31.4 Å². The average molecular weight is 554 g/mol. The van der Waals surface area contributed by atoms with Crippen molar-refractivity contribution in [3.05, 3.63) is 53.9 Å². The number of aliphatic hydroxyl groups excluding tert-OH is 1. The first-order valence-electron chi connectivity index (χ1n) is 14.2. The van der Waals surface area contributed by atoms with Crippen LogP contribution in [0.25, 0.3) is 0 Å². The van der Waals surface area contributed by atoms with Crippen LogP contribution in [-0.4, -0.2) is 108 Å². The Labute approximate surface area is 237 Å². The van der Waals surface area contributed by atoms with Gasteiger partial charge in [-0.1, -0.05) is 6.92 Å². The summed E-state index contributed by atoms with van der Waals surface area (Å²) in [6, 6.07) is 9.22. The number of hydrogen-bond acceptors (Lipinski definition) is 8. The number of ether oxygens (including phenoxy) is 2. The number of benzene rings is 1. The van der Waals surface area contributed by atoms with Gasteiger partial charge < -0.3 is 24.8 Å². The number of carbonyl (C=O) groups is 2. The lowest BCUT2D eigenvalue weighted by Crippen LogP contribution is -2.47. The molecule has 2 aliphatic heterocycles. The molecule has 3 heterocycles. The van der Waals surface area contributed by atoms with Gasteiger partial charge >= 0.3 is 0 Å². The summed E-state index contributed by atoms with van der Waals surface area (Å²) in [4.78, 5) is 36.4. The lowest BCUT2D eigenvalue weighted by Gasteiger charge is -2.34. The van der Waals surface area contributed by atoms with Gasteiger partial charge in [-0.05, 0) is 49.9 Å². The second kappa shape index (κ2) is 14.5. The lowest BCUT2D eigenvalue weighted by molar-refractivity contribution is -0.134. The summed E-state index contributed by atoms with van der Waals surface area (Å²) in [6.45, 7) is 9.47. The maximum absolute atomic E-state index is 13.4. The molecule has 4 rings (SSSR count). The molecule has 1 aromatic heterocycles. The molecule has 2 amide bonds. The predicted molar refractivity (Wildman–Crippen MR) is 153 cm³/mol. The van der Waals surface area contributed by atoms with Crippen molar-refractivity contribution in [3.63, 3.8) is 0 Å². The quantitative estimate of drug-likeness (QED) is 0.460. The highest BCUT2D eigenvalue weighted by Gasteiger charge is 2.31. The van der Waals surface area contributed by atoms with E-state index in [0.717, 1.165) is 30.8 Å². The number of pyridine rings is 1. The molecule has 1 aromatic carbocycles. The topological polar surface area (TPSA) is 107 Å². The van der Waals surface area contributed by atoms with Crippen LogP contribution in [-0.2, 0) is 27.3 Å². The Balaban J connectivity index is 1.50. The Morgan fingerprint density at radius 1 is 1.23 bits per heavy atom. The second-order valence-corrected chi connectivity index (χ2v) is 11.0. The van der Waals surface area contributed by atoms with Gasteiger partial charge in [-0.25, -0.2) is 0 Å². The van der Waals surface area contributed by atoms with E-state index in [-0.39, 0.29) is 42.9 Å². The number of aliphatic hydroxyl groups is 1. The Kier molecular flexibility index (Phi) is 10.9. The number of morpholine rings is 1. The molecule has 10 nitrogen and oxygen atoms in total. The van der Waals surface area contributed by atoms with E-state index < -0.39 is 0 Å².